The van der Waals surface area contributed by atoms with Crippen LogP contribution in [0, 0.1) is 5.82 Å². The van der Waals surface area contributed by atoms with Gasteiger partial charge < -0.3 is 15.0 Å². The molecule has 1 aromatic heterocycles. The number of methoxy groups -OCH3 is 1. The van der Waals surface area contributed by atoms with E-state index in [-0.39, 0.29) is 17.8 Å². The summed E-state index contributed by atoms with van der Waals surface area (Å²) in [6, 6.07) is 15.3. The third-order valence-corrected chi connectivity index (χ3v) is 4.54. The molecule has 146 valence electrons. The van der Waals surface area contributed by atoms with Crippen LogP contribution in [-0.4, -0.2) is 48.8 Å². The van der Waals surface area contributed by atoms with Gasteiger partial charge in [0, 0.05) is 17.7 Å². The number of amides is 1. The lowest BCUT2D eigenvalue weighted by Gasteiger charge is -2.26. The molecule has 1 atom stereocenters. The van der Waals surface area contributed by atoms with E-state index in [0.29, 0.717) is 17.9 Å². The maximum Gasteiger partial charge on any atom is 0.269 e. The molecule has 0 aliphatic heterocycles. The van der Waals surface area contributed by atoms with Crippen molar-refractivity contribution in [2.75, 3.05) is 27.7 Å². The van der Waals surface area contributed by atoms with Gasteiger partial charge in [0.25, 0.3) is 5.91 Å². The SMILES string of the molecule is COc1ccccc1C(CNC(=O)c1cc(-c2ccc(F)cc2)n[nH]1)N(C)C. The monoisotopic (exact) mass is 382 g/mol. The Balaban J connectivity index is 1.71. The Morgan fingerprint density at radius 2 is 1.93 bits per heavy atom. The lowest BCUT2D eigenvalue weighted by atomic mass is 10.0. The summed E-state index contributed by atoms with van der Waals surface area (Å²) in [7, 11) is 5.53. The van der Waals surface area contributed by atoms with E-state index in [9.17, 15) is 9.18 Å². The van der Waals surface area contributed by atoms with E-state index >= 15 is 0 Å². The fraction of sp³-hybridized carbons (Fsp3) is 0.238. The summed E-state index contributed by atoms with van der Waals surface area (Å²) in [6.07, 6.45) is 0. The summed E-state index contributed by atoms with van der Waals surface area (Å²) < 4.78 is 18.5. The van der Waals surface area contributed by atoms with E-state index in [1.54, 1.807) is 25.3 Å². The van der Waals surface area contributed by atoms with Crippen LogP contribution in [0.15, 0.2) is 54.6 Å². The van der Waals surface area contributed by atoms with Gasteiger partial charge in [-0.3, -0.25) is 9.89 Å². The summed E-state index contributed by atoms with van der Waals surface area (Å²) in [6.45, 7) is 0.400. The van der Waals surface area contributed by atoms with Crippen LogP contribution in [0.2, 0.25) is 0 Å². The second-order valence-electron chi connectivity index (χ2n) is 6.61. The van der Waals surface area contributed by atoms with Gasteiger partial charge in [0.05, 0.1) is 18.8 Å². The minimum absolute atomic E-state index is 0.0559. The number of nitrogens with one attached hydrogen (secondary N) is 2. The van der Waals surface area contributed by atoms with Crippen molar-refractivity contribution in [1.29, 1.82) is 0 Å². The van der Waals surface area contributed by atoms with Gasteiger partial charge in [0.15, 0.2) is 0 Å². The van der Waals surface area contributed by atoms with Crippen molar-refractivity contribution in [2.24, 2.45) is 0 Å². The number of likely N-dealkylation sites (N-methyl/N-ethyl adjacent to an activating group) is 1. The van der Waals surface area contributed by atoms with Gasteiger partial charge in [-0.05, 0) is 50.5 Å². The number of ether oxygens (including phenoxy) is 1. The number of hydrogen-bond donors (Lipinski definition) is 2. The summed E-state index contributed by atoms with van der Waals surface area (Å²) in [4.78, 5) is 14.6. The van der Waals surface area contributed by atoms with E-state index in [1.807, 2.05) is 43.3 Å². The quantitative estimate of drug-likeness (QED) is 0.658. The molecule has 1 amide bonds. The second-order valence-corrected chi connectivity index (χ2v) is 6.61. The Kier molecular flexibility index (Phi) is 6.06. The third kappa shape index (κ3) is 4.37. The number of para-hydroxylation sites is 1. The van der Waals surface area contributed by atoms with Crippen molar-refractivity contribution in [1.82, 2.24) is 20.4 Å². The Morgan fingerprint density at radius 1 is 1.21 bits per heavy atom. The van der Waals surface area contributed by atoms with E-state index in [0.717, 1.165) is 16.9 Å². The number of benzene rings is 2. The van der Waals surface area contributed by atoms with Gasteiger partial charge >= 0.3 is 0 Å². The Hall–Kier alpha value is -3.19. The van der Waals surface area contributed by atoms with Gasteiger partial charge in [-0.1, -0.05) is 18.2 Å². The average molecular weight is 382 g/mol. The summed E-state index contributed by atoms with van der Waals surface area (Å²) in [5, 5.41) is 9.82. The van der Waals surface area contributed by atoms with E-state index in [1.165, 1.54) is 12.1 Å². The molecule has 2 aromatic carbocycles. The maximum absolute atomic E-state index is 13.1. The first kappa shape index (κ1) is 19.6. The molecule has 0 aliphatic carbocycles. The Labute approximate surface area is 163 Å². The van der Waals surface area contributed by atoms with Crippen molar-refractivity contribution < 1.29 is 13.9 Å². The number of aromatic nitrogens is 2. The molecular weight excluding hydrogens is 359 g/mol. The average Bonchev–Trinajstić information content (AvgIpc) is 3.19. The topological polar surface area (TPSA) is 70.2 Å². The highest BCUT2D eigenvalue weighted by Crippen LogP contribution is 2.27. The normalized spacial score (nSPS) is 12.0. The van der Waals surface area contributed by atoms with Crippen LogP contribution < -0.4 is 10.1 Å². The number of hydrogen-bond acceptors (Lipinski definition) is 4. The molecule has 0 bridgehead atoms. The first-order valence-corrected chi connectivity index (χ1v) is 8.88. The molecule has 3 rings (SSSR count). The van der Waals surface area contributed by atoms with Crippen LogP contribution in [0.1, 0.15) is 22.1 Å². The van der Waals surface area contributed by atoms with Crippen LogP contribution >= 0.6 is 0 Å². The molecular formula is C21H23FN4O2. The maximum atomic E-state index is 13.1. The fourth-order valence-electron chi connectivity index (χ4n) is 3.00. The molecule has 0 radical (unpaired) electrons. The van der Waals surface area contributed by atoms with Gasteiger partial charge in [-0.25, -0.2) is 4.39 Å². The highest BCUT2D eigenvalue weighted by atomic mass is 19.1. The molecule has 6 nitrogen and oxygen atoms in total. The molecule has 28 heavy (non-hydrogen) atoms. The number of halogens is 1. The molecule has 7 heteroatoms. The van der Waals surface area contributed by atoms with Crippen LogP contribution in [-0.2, 0) is 0 Å². The van der Waals surface area contributed by atoms with Crippen LogP contribution in [0.3, 0.4) is 0 Å². The second kappa shape index (κ2) is 8.67. The minimum atomic E-state index is -0.316. The van der Waals surface area contributed by atoms with Gasteiger partial charge in [-0.15, -0.1) is 0 Å². The molecule has 0 fully saturated rings. The molecule has 0 saturated heterocycles. The number of H-pyrrole nitrogens is 1. The van der Waals surface area contributed by atoms with Crippen molar-refractivity contribution in [3.05, 3.63) is 71.7 Å². The van der Waals surface area contributed by atoms with Gasteiger partial charge in [0.1, 0.15) is 17.3 Å². The predicted octanol–water partition coefficient (Wildman–Crippen LogP) is 3.26. The smallest absolute Gasteiger partial charge is 0.269 e. The highest BCUT2D eigenvalue weighted by molar-refractivity contribution is 5.93. The number of aromatic amines is 1. The number of carbonyl (C=O) groups is 1. The summed E-state index contributed by atoms with van der Waals surface area (Å²) >= 11 is 0. The Morgan fingerprint density at radius 3 is 2.61 bits per heavy atom. The molecule has 3 aromatic rings. The summed E-state index contributed by atoms with van der Waals surface area (Å²) in [5.41, 5.74) is 2.65. The lowest BCUT2D eigenvalue weighted by molar-refractivity contribution is 0.0936. The van der Waals surface area contributed by atoms with Gasteiger partial charge in [0.2, 0.25) is 0 Å². The van der Waals surface area contributed by atoms with Crippen LogP contribution in [0.5, 0.6) is 5.75 Å². The first-order chi connectivity index (χ1) is 13.5. The summed E-state index contributed by atoms with van der Waals surface area (Å²) in [5.74, 6) is 0.196. The minimum Gasteiger partial charge on any atom is -0.496 e. The number of carbonyl (C=O) groups excluding carboxylic acids is 1. The van der Waals surface area contributed by atoms with Crippen molar-refractivity contribution in [3.8, 4) is 17.0 Å². The molecule has 1 heterocycles. The number of rotatable bonds is 7. The van der Waals surface area contributed by atoms with E-state index in [4.69, 9.17) is 4.74 Å². The van der Waals surface area contributed by atoms with Crippen molar-refractivity contribution >= 4 is 5.91 Å². The molecule has 0 spiro atoms. The third-order valence-electron chi connectivity index (χ3n) is 4.54. The number of nitrogens with zero attached hydrogens (tertiary/aromatic N) is 2. The molecule has 0 aliphatic rings. The lowest BCUT2D eigenvalue weighted by Crippen LogP contribution is -2.34. The van der Waals surface area contributed by atoms with E-state index < -0.39 is 0 Å². The van der Waals surface area contributed by atoms with Crippen molar-refractivity contribution in [2.45, 2.75) is 6.04 Å². The predicted molar refractivity (Wildman–Crippen MR) is 106 cm³/mol. The largest absolute Gasteiger partial charge is 0.496 e. The highest BCUT2D eigenvalue weighted by Gasteiger charge is 2.20. The first-order valence-electron chi connectivity index (χ1n) is 8.88. The molecule has 1 unspecified atom stereocenters. The van der Waals surface area contributed by atoms with Gasteiger partial charge in [-0.2, -0.15) is 5.10 Å². The van der Waals surface area contributed by atoms with Crippen LogP contribution in [0.4, 0.5) is 4.39 Å². The molecule has 0 saturated carbocycles. The zero-order chi connectivity index (χ0) is 20.1. The van der Waals surface area contributed by atoms with Crippen LogP contribution in [0.25, 0.3) is 11.3 Å². The van der Waals surface area contributed by atoms with E-state index in [2.05, 4.69) is 15.5 Å². The molecule has 2 N–H and O–H groups in total. The van der Waals surface area contributed by atoms with Crippen molar-refractivity contribution in [3.63, 3.8) is 0 Å². The standard InChI is InChI=1S/C21H23FN4O2/c1-26(2)19(16-6-4-5-7-20(16)28-3)13-23-21(27)18-12-17(24-25-18)14-8-10-15(22)11-9-14/h4-12,19H,13H2,1-3H3,(H,23,27)(H,24,25). The fourth-order valence-corrected chi connectivity index (χ4v) is 3.00. The Bertz CT molecular complexity index is 938. The zero-order valence-corrected chi connectivity index (χ0v) is 16.1. The zero-order valence-electron chi connectivity index (χ0n) is 16.1.